The van der Waals surface area contributed by atoms with Gasteiger partial charge in [-0.2, -0.15) is 18.3 Å². The summed E-state index contributed by atoms with van der Waals surface area (Å²) in [5, 5.41) is 6.49. The Kier molecular flexibility index (Phi) is 5.28. The van der Waals surface area contributed by atoms with Crippen molar-refractivity contribution in [1.82, 2.24) is 20.1 Å². The first-order valence-electron chi connectivity index (χ1n) is 5.54. The maximum atomic E-state index is 11.8. The zero-order valence-corrected chi connectivity index (χ0v) is 10.6. The van der Waals surface area contributed by atoms with Crippen molar-refractivity contribution in [2.45, 2.75) is 26.1 Å². The maximum Gasteiger partial charge on any atom is 0.411 e. The third-order valence-electron chi connectivity index (χ3n) is 2.17. The number of hydrogen-bond acceptors (Lipinski definition) is 4. The van der Waals surface area contributed by atoms with Gasteiger partial charge in [0.25, 0.3) is 0 Å². The molecular formula is C10H15F3N4O2. The number of aromatic nitrogens is 3. The molecular weight excluding hydrogens is 265 g/mol. The Labute approximate surface area is 107 Å². The number of H-pyrrole nitrogens is 1. The molecule has 1 amide bonds. The number of nitrogens with zero attached hydrogens (tertiary/aromatic N) is 3. The molecule has 108 valence electrons. The van der Waals surface area contributed by atoms with E-state index in [2.05, 4.69) is 19.9 Å². The summed E-state index contributed by atoms with van der Waals surface area (Å²) >= 11 is 0. The van der Waals surface area contributed by atoms with Crippen molar-refractivity contribution in [3.63, 3.8) is 0 Å². The van der Waals surface area contributed by atoms with Crippen LogP contribution in [-0.2, 0) is 16.1 Å². The number of amides is 1. The lowest BCUT2D eigenvalue weighted by Gasteiger charge is -2.15. The molecule has 0 atom stereocenters. The lowest BCUT2D eigenvalue weighted by atomic mass is 10.4. The first-order valence-corrected chi connectivity index (χ1v) is 5.54. The van der Waals surface area contributed by atoms with Gasteiger partial charge in [-0.1, -0.05) is 0 Å². The summed E-state index contributed by atoms with van der Waals surface area (Å²) in [6.07, 6.45) is -4.48. The van der Waals surface area contributed by atoms with Crippen molar-refractivity contribution < 1.29 is 22.7 Å². The minimum Gasteiger partial charge on any atom is -0.372 e. The smallest absolute Gasteiger partial charge is 0.372 e. The van der Waals surface area contributed by atoms with Gasteiger partial charge in [0.05, 0.1) is 19.6 Å². The lowest BCUT2D eigenvalue weighted by Crippen LogP contribution is -2.28. The molecule has 0 fully saturated rings. The number of halogens is 3. The summed E-state index contributed by atoms with van der Waals surface area (Å²) in [5.74, 6) is 0.749. The molecule has 1 aromatic rings. The average Bonchev–Trinajstić information content (AvgIpc) is 2.68. The third-order valence-corrected chi connectivity index (χ3v) is 2.17. The number of nitrogens with one attached hydrogen (secondary N) is 1. The van der Waals surface area contributed by atoms with Gasteiger partial charge in [-0.3, -0.25) is 9.89 Å². The van der Waals surface area contributed by atoms with Gasteiger partial charge >= 0.3 is 6.18 Å². The predicted octanol–water partition coefficient (Wildman–Crippen LogP) is 1.04. The van der Waals surface area contributed by atoms with E-state index in [1.54, 1.807) is 6.92 Å². The summed E-state index contributed by atoms with van der Waals surface area (Å²) in [5.41, 5.74) is 0. The summed E-state index contributed by atoms with van der Waals surface area (Å²) in [6.45, 7) is 0.311. The Morgan fingerprint density at radius 2 is 2.16 bits per heavy atom. The number of alkyl halides is 3. The molecule has 0 aliphatic rings. The van der Waals surface area contributed by atoms with Gasteiger partial charge in [0.1, 0.15) is 12.4 Å². The number of carbonyl (C=O) groups excluding carboxylic acids is 1. The molecule has 1 heterocycles. The Morgan fingerprint density at radius 1 is 1.47 bits per heavy atom. The quantitative estimate of drug-likeness (QED) is 0.790. The Hall–Kier alpha value is -1.64. The fourth-order valence-corrected chi connectivity index (χ4v) is 1.30. The topological polar surface area (TPSA) is 71.1 Å². The SMILES string of the molecule is Cc1nc(CN(C)C(=O)CCOCC(F)(F)F)n[nH]1. The lowest BCUT2D eigenvalue weighted by molar-refractivity contribution is -0.175. The van der Waals surface area contributed by atoms with E-state index in [1.807, 2.05) is 0 Å². The molecule has 0 saturated heterocycles. The molecule has 0 unspecified atom stereocenters. The van der Waals surface area contributed by atoms with Crippen LogP contribution in [0.15, 0.2) is 0 Å². The van der Waals surface area contributed by atoms with Crippen LogP contribution in [0.25, 0.3) is 0 Å². The highest BCUT2D eigenvalue weighted by Crippen LogP contribution is 2.14. The maximum absolute atomic E-state index is 11.8. The number of ether oxygens (including phenoxy) is 1. The van der Waals surface area contributed by atoms with Crippen LogP contribution in [-0.4, -0.2) is 52.4 Å². The second-order valence-electron chi connectivity index (χ2n) is 4.00. The molecule has 1 aromatic heterocycles. The predicted molar refractivity (Wildman–Crippen MR) is 59.1 cm³/mol. The van der Waals surface area contributed by atoms with Crippen molar-refractivity contribution in [3.8, 4) is 0 Å². The molecule has 6 nitrogen and oxygen atoms in total. The van der Waals surface area contributed by atoms with E-state index < -0.39 is 12.8 Å². The highest BCUT2D eigenvalue weighted by atomic mass is 19.4. The normalized spacial score (nSPS) is 11.6. The highest BCUT2D eigenvalue weighted by molar-refractivity contribution is 5.75. The Morgan fingerprint density at radius 3 is 2.68 bits per heavy atom. The van der Waals surface area contributed by atoms with Crippen LogP contribution in [0.4, 0.5) is 13.2 Å². The summed E-state index contributed by atoms with van der Waals surface area (Å²) in [6, 6.07) is 0. The number of rotatable bonds is 6. The first kappa shape index (κ1) is 15.4. The Balaban J connectivity index is 2.25. The summed E-state index contributed by atoms with van der Waals surface area (Å²) in [4.78, 5) is 16.9. The molecule has 0 saturated carbocycles. The summed E-state index contributed by atoms with van der Waals surface area (Å²) in [7, 11) is 1.53. The number of carbonyl (C=O) groups is 1. The van der Waals surface area contributed by atoms with Crippen LogP contribution < -0.4 is 0 Å². The van der Waals surface area contributed by atoms with Gasteiger partial charge in [0, 0.05) is 7.05 Å². The molecule has 1 rings (SSSR count). The van der Waals surface area contributed by atoms with Gasteiger partial charge in [0.15, 0.2) is 5.82 Å². The van der Waals surface area contributed by atoms with Crippen LogP contribution in [0, 0.1) is 6.92 Å². The van der Waals surface area contributed by atoms with Gasteiger partial charge in [-0.15, -0.1) is 0 Å². The largest absolute Gasteiger partial charge is 0.411 e. The minimum atomic E-state index is -4.37. The molecule has 19 heavy (non-hydrogen) atoms. The van der Waals surface area contributed by atoms with Crippen molar-refractivity contribution in [2.75, 3.05) is 20.3 Å². The molecule has 1 N–H and O–H groups in total. The average molecular weight is 280 g/mol. The van der Waals surface area contributed by atoms with Crippen LogP contribution in [0.3, 0.4) is 0 Å². The molecule has 0 aliphatic heterocycles. The van der Waals surface area contributed by atoms with E-state index in [0.29, 0.717) is 11.6 Å². The Bertz CT molecular complexity index is 419. The zero-order valence-electron chi connectivity index (χ0n) is 10.6. The molecule has 0 aromatic carbocycles. The second kappa shape index (κ2) is 6.50. The molecule has 9 heteroatoms. The zero-order chi connectivity index (χ0) is 14.5. The number of hydrogen-bond donors (Lipinski definition) is 1. The monoisotopic (exact) mass is 280 g/mol. The molecule has 0 spiro atoms. The van der Waals surface area contributed by atoms with E-state index in [0.717, 1.165) is 0 Å². The van der Waals surface area contributed by atoms with Crippen molar-refractivity contribution in [1.29, 1.82) is 0 Å². The van der Waals surface area contributed by atoms with Crippen molar-refractivity contribution in [3.05, 3.63) is 11.6 Å². The minimum absolute atomic E-state index is 0.115. The first-order chi connectivity index (χ1) is 8.78. The summed E-state index contributed by atoms with van der Waals surface area (Å²) < 4.78 is 39.7. The molecule has 0 aliphatic carbocycles. The van der Waals surface area contributed by atoms with E-state index in [4.69, 9.17) is 0 Å². The van der Waals surface area contributed by atoms with E-state index in [9.17, 15) is 18.0 Å². The van der Waals surface area contributed by atoms with Gasteiger partial charge in [-0.25, -0.2) is 4.98 Å². The van der Waals surface area contributed by atoms with Gasteiger partial charge < -0.3 is 9.64 Å². The van der Waals surface area contributed by atoms with E-state index in [-0.39, 0.29) is 25.5 Å². The highest BCUT2D eigenvalue weighted by Gasteiger charge is 2.27. The van der Waals surface area contributed by atoms with Crippen LogP contribution in [0.1, 0.15) is 18.1 Å². The van der Waals surface area contributed by atoms with E-state index >= 15 is 0 Å². The van der Waals surface area contributed by atoms with Crippen molar-refractivity contribution in [2.24, 2.45) is 0 Å². The molecule has 0 radical (unpaired) electrons. The van der Waals surface area contributed by atoms with Crippen LogP contribution in [0.2, 0.25) is 0 Å². The van der Waals surface area contributed by atoms with Crippen LogP contribution >= 0.6 is 0 Å². The third kappa shape index (κ3) is 6.18. The fourth-order valence-electron chi connectivity index (χ4n) is 1.30. The number of aromatic amines is 1. The second-order valence-corrected chi connectivity index (χ2v) is 4.00. The van der Waals surface area contributed by atoms with Gasteiger partial charge in [-0.05, 0) is 6.92 Å². The standard InChI is InChI=1S/C10H15F3N4O2/c1-7-14-8(16-15-7)5-17(2)9(18)3-4-19-6-10(11,12)13/h3-6H2,1-2H3,(H,14,15,16). The molecule has 0 bridgehead atoms. The van der Waals surface area contributed by atoms with Crippen molar-refractivity contribution >= 4 is 5.91 Å². The van der Waals surface area contributed by atoms with Gasteiger partial charge in [0.2, 0.25) is 5.91 Å². The fraction of sp³-hybridized carbons (Fsp3) is 0.700. The van der Waals surface area contributed by atoms with E-state index in [1.165, 1.54) is 11.9 Å². The van der Waals surface area contributed by atoms with Crippen LogP contribution in [0.5, 0.6) is 0 Å². The number of aryl methyl sites for hydroxylation is 1.